The van der Waals surface area contributed by atoms with Gasteiger partial charge >= 0.3 is 0 Å². The summed E-state index contributed by atoms with van der Waals surface area (Å²) in [5.74, 6) is 0.116. The van der Waals surface area contributed by atoms with Gasteiger partial charge in [0, 0.05) is 12.5 Å². The van der Waals surface area contributed by atoms with Crippen LogP contribution in [0.15, 0.2) is 23.1 Å². The average Bonchev–Trinajstić information content (AvgIpc) is 3.14. The first-order valence-corrected chi connectivity index (χ1v) is 8.07. The van der Waals surface area contributed by atoms with Crippen molar-refractivity contribution >= 4 is 33.2 Å². The van der Waals surface area contributed by atoms with Gasteiger partial charge in [-0.25, -0.2) is 13.6 Å². The van der Waals surface area contributed by atoms with E-state index in [-0.39, 0.29) is 34.0 Å². The Bertz CT molecular complexity index is 629. The quantitative estimate of drug-likeness (QED) is 0.752. The van der Waals surface area contributed by atoms with E-state index in [1.807, 2.05) is 0 Å². The van der Waals surface area contributed by atoms with Gasteiger partial charge in [-0.3, -0.25) is 4.79 Å². The minimum Gasteiger partial charge on any atom is -0.327 e. The number of anilines is 1. The fraction of sp³-hybridized carbons (Fsp3) is 0.417. The van der Waals surface area contributed by atoms with Crippen molar-refractivity contribution in [2.45, 2.75) is 30.2 Å². The van der Waals surface area contributed by atoms with E-state index in [9.17, 15) is 13.2 Å². The Morgan fingerprint density at radius 1 is 1.45 bits per heavy atom. The SMILES string of the molecule is NC(CC(=O)Nc1cc(S(N)(=O)=O)ccc1Cl)C1CC1. The lowest BCUT2D eigenvalue weighted by Gasteiger charge is -2.12. The lowest BCUT2D eigenvalue weighted by Crippen LogP contribution is -2.29. The molecule has 0 bridgehead atoms. The summed E-state index contributed by atoms with van der Waals surface area (Å²) in [4.78, 5) is 11.7. The third kappa shape index (κ3) is 3.92. The van der Waals surface area contributed by atoms with E-state index >= 15 is 0 Å². The highest BCUT2D eigenvalue weighted by molar-refractivity contribution is 7.89. The number of halogens is 1. The van der Waals surface area contributed by atoms with Crippen molar-refractivity contribution in [2.24, 2.45) is 16.8 Å². The second kappa shape index (κ2) is 5.69. The molecule has 0 radical (unpaired) electrons. The van der Waals surface area contributed by atoms with Crippen LogP contribution in [0.1, 0.15) is 19.3 Å². The van der Waals surface area contributed by atoms with E-state index in [1.165, 1.54) is 18.2 Å². The number of benzene rings is 1. The molecule has 1 aromatic carbocycles. The molecule has 0 spiro atoms. The van der Waals surface area contributed by atoms with Crippen molar-refractivity contribution in [1.29, 1.82) is 0 Å². The zero-order valence-electron chi connectivity index (χ0n) is 10.7. The first kappa shape index (κ1) is 15.2. The summed E-state index contributed by atoms with van der Waals surface area (Å²) in [5, 5.41) is 7.84. The van der Waals surface area contributed by atoms with Crippen LogP contribution in [0.2, 0.25) is 5.02 Å². The molecule has 1 atom stereocenters. The van der Waals surface area contributed by atoms with Crippen LogP contribution in [0.4, 0.5) is 5.69 Å². The summed E-state index contributed by atoms with van der Waals surface area (Å²) in [6.07, 6.45) is 2.28. The van der Waals surface area contributed by atoms with Crippen LogP contribution in [-0.2, 0) is 14.8 Å². The molecule has 0 heterocycles. The maximum atomic E-state index is 11.8. The highest BCUT2D eigenvalue weighted by Crippen LogP contribution is 2.33. The van der Waals surface area contributed by atoms with E-state index in [2.05, 4.69) is 5.32 Å². The number of hydrogen-bond acceptors (Lipinski definition) is 4. The van der Waals surface area contributed by atoms with E-state index < -0.39 is 10.0 Å². The van der Waals surface area contributed by atoms with Gasteiger partial charge in [0.1, 0.15) is 0 Å². The van der Waals surface area contributed by atoms with Crippen molar-refractivity contribution in [3.05, 3.63) is 23.2 Å². The van der Waals surface area contributed by atoms with Crippen LogP contribution >= 0.6 is 11.6 Å². The molecule has 0 aliphatic heterocycles. The number of carbonyl (C=O) groups excluding carboxylic acids is 1. The fourth-order valence-electron chi connectivity index (χ4n) is 1.88. The smallest absolute Gasteiger partial charge is 0.238 e. The van der Waals surface area contributed by atoms with E-state index in [0.29, 0.717) is 5.92 Å². The second-order valence-electron chi connectivity index (χ2n) is 4.94. The Hall–Kier alpha value is -1.15. The van der Waals surface area contributed by atoms with Crippen molar-refractivity contribution in [3.8, 4) is 0 Å². The number of carbonyl (C=O) groups is 1. The molecule has 0 saturated heterocycles. The van der Waals surface area contributed by atoms with Gasteiger partial charge in [-0.05, 0) is 37.0 Å². The largest absolute Gasteiger partial charge is 0.327 e. The van der Waals surface area contributed by atoms with Gasteiger partial charge in [0.2, 0.25) is 15.9 Å². The summed E-state index contributed by atoms with van der Waals surface area (Å²) >= 11 is 5.92. The molecule has 6 nitrogen and oxygen atoms in total. The molecular formula is C12H16ClN3O3S. The van der Waals surface area contributed by atoms with Gasteiger partial charge in [-0.15, -0.1) is 0 Å². The van der Waals surface area contributed by atoms with Crippen LogP contribution in [0.25, 0.3) is 0 Å². The molecule has 20 heavy (non-hydrogen) atoms. The lowest BCUT2D eigenvalue weighted by atomic mass is 10.1. The number of amides is 1. The Morgan fingerprint density at radius 3 is 2.65 bits per heavy atom. The minimum absolute atomic E-state index is 0.108. The summed E-state index contributed by atoms with van der Waals surface area (Å²) in [6.45, 7) is 0. The van der Waals surface area contributed by atoms with Crippen LogP contribution in [0.5, 0.6) is 0 Å². The van der Waals surface area contributed by atoms with E-state index in [4.69, 9.17) is 22.5 Å². The molecule has 110 valence electrons. The summed E-state index contributed by atoms with van der Waals surface area (Å²) in [5.41, 5.74) is 6.08. The molecule has 1 aromatic rings. The van der Waals surface area contributed by atoms with E-state index in [1.54, 1.807) is 0 Å². The average molecular weight is 318 g/mol. The van der Waals surface area contributed by atoms with Gasteiger partial charge in [0.15, 0.2) is 0 Å². The first-order chi connectivity index (χ1) is 9.27. The number of rotatable bonds is 5. The molecule has 5 N–H and O–H groups in total. The normalized spacial score (nSPS) is 16.8. The van der Waals surface area contributed by atoms with Crippen molar-refractivity contribution in [1.82, 2.24) is 0 Å². The Labute approximate surface area is 122 Å². The van der Waals surface area contributed by atoms with Gasteiger partial charge in [-0.1, -0.05) is 11.6 Å². The number of primary sulfonamides is 1. The fourth-order valence-corrected chi connectivity index (χ4v) is 2.59. The van der Waals surface area contributed by atoms with E-state index in [0.717, 1.165) is 12.8 Å². The second-order valence-corrected chi connectivity index (χ2v) is 6.91. The predicted octanol–water partition coefficient (Wildman–Crippen LogP) is 1.05. The van der Waals surface area contributed by atoms with Crippen LogP contribution in [-0.4, -0.2) is 20.4 Å². The van der Waals surface area contributed by atoms with Gasteiger partial charge in [0.05, 0.1) is 15.6 Å². The Balaban J connectivity index is 2.09. The molecule has 1 saturated carbocycles. The van der Waals surface area contributed by atoms with Crippen molar-refractivity contribution in [3.63, 3.8) is 0 Å². The molecule has 1 fully saturated rings. The molecule has 0 aromatic heterocycles. The molecule has 1 unspecified atom stereocenters. The monoisotopic (exact) mass is 317 g/mol. The third-order valence-electron chi connectivity index (χ3n) is 3.19. The number of nitrogens with one attached hydrogen (secondary N) is 1. The molecule has 1 aliphatic carbocycles. The summed E-state index contributed by atoms with van der Waals surface area (Å²) in [6, 6.07) is 3.72. The van der Waals surface area contributed by atoms with Crippen LogP contribution in [0.3, 0.4) is 0 Å². The highest BCUT2D eigenvalue weighted by atomic mass is 35.5. The number of hydrogen-bond donors (Lipinski definition) is 3. The minimum atomic E-state index is -3.84. The maximum Gasteiger partial charge on any atom is 0.238 e. The lowest BCUT2D eigenvalue weighted by molar-refractivity contribution is -0.116. The first-order valence-electron chi connectivity index (χ1n) is 6.15. The van der Waals surface area contributed by atoms with Gasteiger partial charge in [0.25, 0.3) is 0 Å². The highest BCUT2D eigenvalue weighted by Gasteiger charge is 2.29. The standard InChI is InChI=1S/C12H16ClN3O3S/c13-9-4-3-8(20(15,18)19)5-11(9)16-12(17)6-10(14)7-1-2-7/h3-5,7,10H,1-2,6,14H2,(H,16,17)(H2,15,18,19). The zero-order valence-corrected chi connectivity index (χ0v) is 12.2. The van der Waals surface area contributed by atoms with Crippen LogP contribution < -0.4 is 16.2 Å². The summed E-state index contributed by atoms with van der Waals surface area (Å²) in [7, 11) is -3.84. The third-order valence-corrected chi connectivity index (χ3v) is 4.43. The number of sulfonamides is 1. The molecule has 2 rings (SSSR count). The predicted molar refractivity (Wildman–Crippen MR) is 76.8 cm³/mol. The number of nitrogens with two attached hydrogens (primary N) is 2. The Morgan fingerprint density at radius 2 is 2.10 bits per heavy atom. The molecule has 8 heteroatoms. The van der Waals surface area contributed by atoms with Crippen molar-refractivity contribution < 1.29 is 13.2 Å². The Kier molecular flexibility index (Phi) is 4.33. The molecule has 1 aliphatic rings. The topological polar surface area (TPSA) is 115 Å². The van der Waals surface area contributed by atoms with Crippen molar-refractivity contribution in [2.75, 3.05) is 5.32 Å². The van der Waals surface area contributed by atoms with Crippen LogP contribution in [0, 0.1) is 5.92 Å². The summed E-state index contributed by atoms with van der Waals surface area (Å²) < 4.78 is 22.5. The maximum absolute atomic E-state index is 11.8. The van der Waals surface area contributed by atoms with Gasteiger partial charge < -0.3 is 11.1 Å². The zero-order chi connectivity index (χ0) is 14.9. The van der Waals surface area contributed by atoms with Gasteiger partial charge in [-0.2, -0.15) is 0 Å². The molecule has 1 amide bonds. The molecular weight excluding hydrogens is 302 g/mol.